The Hall–Kier alpha value is -1.88. The van der Waals surface area contributed by atoms with Crippen LogP contribution in [-0.2, 0) is 20.9 Å². The number of carbonyl (C=O) groups is 2. The van der Waals surface area contributed by atoms with Crippen molar-refractivity contribution in [2.75, 3.05) is 26.8 Å². The zero-order valence-electron chi connectivity index (χ0n) is 12.5. The van der Waals surface area contributed by atoms with Crippen molar-refractivity contribution in [2.24, 2.45) is 5.92 Å². The molecule has 114 valence electrons. The third-order valence-electron chi connectivity index (χ3n) is 3.61. The summed E-state index contributed by atoms with van der Waals surface area (Å²) in [4.78, 5) is 25.5. The summed E-state index contributed by atoms with van der Waals surface area (Å²) < 4.78 is 10.2. The van der Waals surface area contributed by atoms with Crippen LogP contribution in [0.1, 0.15) is 18.9 Å². The molecule has 5 heteroatoms. The third kappa shape index (κ3) is 4.04. The van der Waals surface area contributed by atoms with E-state index >= 15 is 0 Å². The van der Waals surface area contributed by atoms with E-state index in [2.05, 4.69) is 4.90 Å². The van der Waals surface area contributed by atoms with Gasteiger partial charge in [-0.05, 0) is 24.6 Å². The van der Waals surface area contributed by atoms with Crippen molar-refractivity contribution >= 4 is 11.8 Å². The summed E-state index contributed by atoms with van der Waals surface area (Å²) in [7, 11) is 1.32. The van der Waals surface area contributed by atoms with Gasteiger partial charge in [0.15, 0.2) is 0 Å². The third-order valence-corrected chi connectivity index (χ3v) is 3.61. The molecule has 0 spiro atoms. The summed E-state index contributed by atoms with van der Waals surface area (Å²) in [5, 5.41) is 0. The minimum atomic E-state index is -0.654. The normalized spacial score (nSPS) is 19.3. The van der Waals surface area contributed by atoms with Crippen LogP contribution in [0.2, 0.25) is 0 Å². The Kier molecular flexibility index (Phi) is 5.33. The highest BCUT2D eigenvalue weighted by molar-refractivity contribution is 5.99. The van der Waals surface area contributed by atoms with Crippen molar-refractivity contribution in [1.29, 1.82) is 0 Å². The van der Waals surface area contributed by atoms with Gasteiger partial charge in [0.1, 0.15) is 17.5 Å². The van der Waals surface area contributed by atoms with Gasteiger partial charge in [-0.2, -0.15) is 0 Å². The molecule has 0 radical (unpaired) electrons. The van der Waals surface area contributed by atoms with Crippen LogP contribution < -0.4 is 4.74 Å². The average molecular weight is 291 g/mol. The van der Waals surface area contributed by atoms with Gasteiger partial charge in [-0.3, -0.25) is 14.5 Å². The molecule has 2 rings (SSSR count). The number of hydrogen-bond acceptors (Lipinski definition) is 5. The van der Waals surface area contributed by atoms with Crippen LogP contribution in [-0.4, -0.2) is 43.5 Å². The molecule has 1 aliphatic rings. The van der Waals surface area contributed by atoms with Crippen molar-refractivity contribution < 1.29 is 19.1 Å². The van der Waals surface area contributed by atoms with E-state index in [1.165, 1.54) is 7.11 Å². The van der Waals surface area contributed by atoms with Gasteiger partial charge in [-0.15, -0.1) is 0 Å². The summed E-state index contributed by atoms with van der Waals surface area (Å²) in [6.07, 6.45) is 0.394. The number of ether oxygens (including phenoxy) is 2. The predicted octanol–water partition coefficient (Wildman–Crippen LogP) is 1.65. The summed E-state index contributed by atoms with van der Waals surface area (Å²) in [6, 6.07) is 7.89. The van der Waals surface area contributed by atoms with E-state index in [-0.39, 0.29) is 5.78 Å². The fourth-order valence-corrected chi connectivity index (χ4v) is 2.54. The van der Waals surface area contributed by atoms with Gasteiger partial charge in [0.2, 0.25) is 0 Å². The molecule has 1 unspecified atom stereocenters. The molecule has 1 heterocycles. The first-order chi connectivity index (χ1) is 10.1. The Morgan fingerprint density at radius 1 is 1.43 bits per heavy atom. The number of likely N-dealkylation sites (tertiary alicyclic amines) is 1. The van der Waals surface area contributed by atoms with Crippen molar-refractivity contribution in [3.05, 3.63) is 29.8 Å². The molecule has 0 aromatic heterocycles. The number of Topliss-reactive ketones (excluding diaryl/α,β-unsaturated/α-hetero) is 1. The number of benzene rings is 1. The molecule has 0 amide bonds. The lowest BCUT2D eigenvalue weighted by atomic mass is 9.96. The first-order valence-electron chi connectivity index (χ1n) is 7.18. The zero-order chi connectivity index (χ0) is 15.2. The molecule has 0 bridgehead atoms. The lowest BCUT2D eigenvalue weighted by Gasteiger charge is -2.30. The maximum Gasteiger partial charge on any atom is 0.317 e. The molecule has 0 N–H and O–H groups in total. The van der Waals surface area contributed by atoms with Gasteiger partial charge >= 0.3 is 5.97 Å². The van der Waals surface area contributed by atoms with Crippen molar-refractivity contribution in [2.45, 2.75) is 19.9 Å². The van der Waals surface area contributed by atoms with Crippen LogP contribution >= 0.6 is 0 Å². The van der Waals surface area contributed by atoms with Crippen LogP contribution in [0.3, 0.4) is 0 Å². The Morgan fingerprint density at radius 3 is 2.95 bits per heavy atom. The van der Waals surface area contributed by atoms with Crippen LogP contribution in [0, 0.1) is 5.92 Å². The maximum atomic E-state index is 11.8. The first kappa shape index (κ1) is 15.5. The molecule has 0 aliphatic carbocycles. The summed E-state index contributed by atoms with van der Waals surface area (Å²) >= 11 is 0. The number of esters is 1. The molecule has 1 saturated heterocycles. The minimum absolute atomic E-state index is 0.0267. The molecule has 1 aliphatic heterocycles. The number of methoxy groups -OCH3 is 1. The van der Waals surface area contributed by atoms with Gasteiger partial charge in [0, 0.05) is 26.1 Å². The van der Waals surface area contributed by atoms with Crippen molar-refractivity contribution in [3.8, 4) is 5.75 Å². The van der Waals surface area contributed by atoms with E-state index in [1.54, 1.807) is 0 Å². The number of ketones is 1. The monoisotopic (exact) mass is 291 g/mol. The van der Waals surface area contributed by atoms with E-state index in [9.17, 15) is 9.59 Å². The van der Waals surface area contributed by atoms with Gasteiger partial charge in [0.25, 0.3) is 0 Å². The van der Waals surface area contributed by atoms with E-state index in [0.29, 0.717) is 32.7 Å². The zero-order valence-corrected chi connectivity index (χ0v) is 12.5. The fourth-order valence-electron chi connectivity index (χ4n) is 2.54. The van der Waals surface area contributed by atoms with E-state index in [0.717, 1.165) is 11.3 Å². The SMILES string of the molecule is CCOc1cccc(CN2CCC(=O)C(C(=O)OC)C2)c1. The number of carbonyl (C=O) groups excluding carboxylic acids is 2. The highest BCUT2D eigenvalue weighted by atomic mass is 16.5. The molecule has 1 aromatic carbocycles. The highest BCUT2D eigenvalue weighted by Crippen LogP contribution is 2.19. The average Bonchev–Trinajstić information content (AvgIpc) is 2.49. The van der Waals surface area contributed by atoms with E-state index in [4.69, 9.17) is 9.47 Å². The topological polar surface area (TPSA) is 55.8 Å². The quantitative estimate of drug-likeness (QED) is 0.610. The van der Waals surface area contributed by atoms with Crippen LogP contribution in [0.25, 0.3) is 0 Å². The second kappa shape index (κ2) is 7.22. The number of nitrogens with zero attached hydrogens (tertiary/aromatic N) is 1. The smallest absolute Gasteiger partial charge is 0.317 e. The Bertz CT molecular complexity index is 507. The summed E-state index contributed by atoms with van der Waals surface area (Å²) in [5.41, 5.74) is 1.11. The molecule has 21 heavy (non-hydrogen) atoms. The van der Waals surface area contributed by atoms with Crippen LogP contribution in [0.5, 0.6) is 5.75 Å². The second-order valence-corrected chi connectivity index (χ2v) is 5.11. The van der Waals surface area contributed by atoms with Gasteiger partial charge in [0.05, 0.1) is 13.7 Å². The lowest BCUT2D eigenvalue weighted by molar-refractivity contribution is -0.152. The molecule has 5 nitrogen and oxygen atoms in total. The lowest BCUT2D eigenvalue weighted by Crippen LogP contribution is -2.44. The fraction of sp³-hybridized carbons (Fsp3) is 0.500. The van der Waals surface area contributed by atoms with Crippen LogP contribution in [0.15, 0.2) is 24.3 Å². The Labute approximate surface area is 124 Å². The second-order valence-electron chi connectivity index (χ2n) is 5.11. The Balaban J connectivity index is 2.01. The molecular weight excluding hydrogens is 270 g/mol. The van der Waals surface area contributed by atoms with Crippen LogP contribution in [0.4, 0.5) is 0 Å². The van der Waals surface area contributed by atoms with E-state index < -0.39 is 11.9 Å². The molecule has 1 aromatic rings. The number of rotatable bonds is 5. The first-order valence-corrected chi connectivity index (χ1v) is 7.18. The van der Waals surface area contributed by atoms with Crippen molar-refractivity contribution in [3.63, 3.8) is 0 Å². The van der Waals surface area contributed by atoms with Gasteiger partial charge in [-0.25, -0.2) is 0 Å². The van der Waals surface area contributed by atoms with E-state index in [1.807, 2.05) is 31.2 Å². The summed E-state index contributed by atoms with van der Waals surface area (Å²) in [6.45, 7) is 4.37. The molecule has 1 fully saturated rings. The highest BCUT2D eigenvalue weighted by Gasteiger charge is 2.33. The largest absolute Gasteiger partial charge is 0.494 e. The minimum Gasteiger partial charge on any atom is -0.494 e. The molecule has 0 saturated carbocycles. The van der Waals surface area contributed by atoms with Crippen molar-refractivity contribution in [1.82, 2.24) is 4.90 Å². The Morgan fingerprint density at radius 2 is 2.24 bits per heavy atom. The predicted molar refractivity (Wildman–Crippen MR) is 78.0 cm³/mol. The number of hydrogen-bond donors (Lipinski definition) is 0. The molecular formula is C16H21NO4. The number of piperidine rings is 1. The standard InChI is InChI=1S/C16H21NO4/c1-3-21-13-6-4-5-12(9-13)10-17-8-7-15(18)14(11-17)16(19)20-2/h4-6,9,14H,3,7-8,10-11H2,1-2H3. The summed E-state index contributed by atoms with van der Waals surface area (Å²) in [5.74, 6) is -0.277. The maximum absolute atomic E-state index is 11.8. The van der Waals surface area contributed by atoms with Gasteiger partial charge < -0.3 is 9.47 Å². The van der Waals surface area contributed by atoms with Gasteiger partial charge in [-0.1, -0.05) is 12.1 Å². The molecule has 1 atom stereocenters.